The highest BCUT2D eigenvalue weighted by atomic mass is 32.2. The number of thioether (sulfide) groups is 1. The molecule has 0 aliphatic rings. The van der Waals surface area contributed by atoms with Crippen LogP contribution < -0.4 is 0 Å². The minimum atomic E-state index is 0.0373. The number of rotatable bonds is 8. The zero-order chi connectivity index (χ0) is 20.6. The number of nitrogens with zero attached hydrogens (tertiary/aromatic N) is 5. The van der Waals surface area contributed by atoms with Crippen LogP contribution in [0.15, 0.2) is 96.2 Å². The molecule has 0 fully saturated rings. The summed E-state index contributed by atoms with van der Waals surface area (Å²) in [7, 11) is 0. The highest BCUT2D eigenvalue weighted by molar-refractivity contribution is 7.99. The maximum absolute atomic E-state index is 13.1. The highest BCUT2D eigenvalue weighted by Crippen LogP contribution is 2.20. The fraction of sp³-hybridized carbons (Fsp3) is 0.130. The van der Waals surface area contributed by atoms with Gasteiger partial charge in [-0.2, -0.15) is 4.68 Å². The predicted octanol–water partition coefficient (Wildman–Crippen LogP) is 3.98. The molecule has 7 heteroatoms. The molecule has 0 saturated carbocycles. The van der Waals surface area contributed by atoms with E-state index in [1.165, 1.54) is 11.8 Å². The normalized spacial score (nSPS) is 10.7. The first-order chi connectivity index (χ1) is 14.8. The van der Waals surface area contributed by atoms with Crippen molar-refractivity contribution in [2.45, 2.75) is 18.2 Å². The average Bonchev–Trinajstić information content (AvgIpc) is 3.28. The Morgan fingerprint density at radius 3 is 1.90 bits per heavy atom. The Balaban J connectivity index is 1.47. The second-order valence-electron chi connectivity index (χ2n) is 6.72. The standard InChI is InChI=1S/C23H21N5OS/c29-22(18-30-23-24-25-26-28(23)21-14-8-3-9-15-21)27(16-19-10-4-1-5-11-19)17-20-12-6-2-7-13-20/h1-15H,16-18H2. The van der Waals surface area contributed by atoms with Crippen LogP contribution in [0.1, 0.15) is 11.1 Å². The summed E-state index contributed by atoms with van der Waals surface area (Å²) in [6.45, 7) is 1.11. The van der Waals surface area contributed by atoms with Gasteiger partial charge in [-0.05, 0) is 33.7 Å². The number of tetrazole rings is 1. The van der Waals surface area contributed by atoms with E-state index < -0.39 is 0 Å². The molecule has 0 unspecified atom stereocenters. The maximum Gasteiger partial charge on any atom is 0.233 e. The van der Waals surface area contributed by atoms with Crippen molar-refractivity contribution >= 4 is 17.7 Å². The predicted molar refractivity (Wildman–Crippen MR) is 117 cm³/mol. The third kappa shape index (κ3) is 5.12. The minimum absolute atomic E-state index is 0.0373. The van der Waals surface area contributed by atoms with Gasteiger partial charge >= 0.3 is 0 Å². The fourth-order valence-corrected chi connectivity index (χ4v) is 3.85. The van der Waals surface area contributed by atoms with Crippen molar-refractivity contribution in [3.63, 3.8) is 0 Å². The third-order valence-electron chi connectivity index (χ3n) is 4.55. The van der Waals surface area contributed by atoms with Crippen LogP contribution in [0.2, 0.25) is 0 Å². The van der Waals surface area contributed by atoms with Crippen LogP contribution >= 0.6 is 11.8 Å². The topological polar surface area (TPSA) is 63.9 Å². The van der Waals surface area contributed by atoms with Crippen molar-refractivity contribution in [3.05, 3.63) is 102 Å². The van der Waals surface area contributed by atoms with Gasteiger partial charge in [-0.25, -0.2) is 0 Å². The van der Waals surface area contributed by atoms with E-state index in [1.54, 1.807) is 4.68 Å². The Labute approximate surface area is 179 Å². The molecule has 3 aromatic carbocycles. The molecule has 6 nitrogen and oxygen atoms in total. The number of benzene rings is 3. The van der Waals surface area contributed by atoms with Gasteiger partial charge in [0, 0.05) is 13.1 Å². The second-order valence-corrected chi connectivity index (χ2v) is 7.66. The van der Waals surface area contributed by atoms with Crippen LogP contribution in [0, 0.1) is 0 Å². The van der Waals surface area contributed by atoms with Gasteiger partial charge in [0.2, 0.25) is 11.1 Å². The van der Waals surface area contributed by atoms with Crippen LogP contribution in [-0.2, 0) is 17.9 Å². The molecule has 0 spiro atoms. The molecule has 4 rings (SSSR count). The van der Waals surface area contributed by atoms with Crippen LogP contribution in [-0.4, -0.2) is 36.8 Å². The van der Waals surface area contributed by atoms with E-state index in [1.807, 2.05) is 95.9 Å². The Hall–Kier alpha value is -3.45. The van der Waals surface area contributed by atoms with Crippen molar-refractivity contribution in [1.82, 2.24) is 25.1 Å². The van der Waals surface area contributed by atoms with Crippen molar-refractivity contribution in [1.29, 1.82) is 0 Å². The zero-order valence-corrected chi connectivity index (χ0v) is 17.2. The van der Waals surface area contributed by atoms with Crippen molar-refractivity contribution in [2.24, 2.45) is 0 Å². The molecule has 1 aromatic heterocycles. The molecule has 0 atom stereocenters. The van der Waals surface area contributed by atoms with E-state index in [9.17, 15) is 4.79 Å². The Morgan fingerprint density at radius 2 is 1.33 bits per heavy atom. The molecule has 0 saturated heterocycles. The van der Waals surface area contributed by atoms with Crippen molar-refractivity contribution in [2.75, 3.05) is 5.75 Å². The van der Waals surface area contributed by atoms with E-state index in [4.69, 9.17) is 0 Å². The molecule has 30 heavy (non-hydrogen) atoms. The van der Waals surface area contributed by atoms with Crippen LogP contribution in [0.4, 0.5) is 0 Å². The molecule has 1 amide bonds. The van der Waals surface area contributed by atoms with Crippen LogP contribution in [0.5, 0.6) is 0 Å². The smallest absolute Gasteiger partial charge is 0.233 e. The lowest BCUT2D eigenvalue weighted by Crippen LogP contribution is -2.31. The largest absolute Gasteiger partial charge is 0.333 e. The van der Waals surface area contributed by atoms with Gasteiger partial charge in [0.25, 0.3) is 0 Å². The Bertz CT molecular complexity index is 1030. The minimum Gasteiger partial charge on any atom is -0.333 e. The number of para-hydroxylation sites is 1. The fourth-order valence-electron chi connectivity index (χ4n) is 3.06. The maximum atomic E-state index is 13.1. The Morgan fingerprint density at radius 1 is 0.800 bits per heavy atom. The summed E-state index contributed by atoms with van der Waals surface area (Å²) in [5, 5.41) is 12.5. The summed E-state index contributed by atoms with van der Waals surface area (Å²) in [5.74, 6) is 0.294. The molecular weight excluding hydrogens is 394 g/mol. The Kier molecular flexibility index (Phi) is 6.51. The van der Waals surface area contributed by atoms with Crippen molar-refractivity contribution < 1.29 is 4.79 Å². The second kappa shape index (κ2) is 9.84. The summed E-state index contributed by atoms with van der Waals surface area (Å²) < 4.78 is 1.65. The van der Waals surface area contributed by atoms with Crippen LogP contribution in [0.25, 0.3) is 5.69 Å². The van der Waals surface area contributed by atoms with Gasteiger partial charge < -0.3 is 4.90 Å². The number of amides is 1. The molecule has 1 heterocycles. The summed E-state index contributed by atoms with van der Waals surface area (Å²) in [6.07, 6.45) is 0. The van der Waals surface area contributed by atoms with Gasteiger partial charge in [0.05, 0.1) is 11.4 Å². The average molecular weight is 416 g/mol. The van der Waals surface area contributed by atoms with E-state index in [0.717, 1.165) is 16.8 Å². The molecule has 0 bridgehead atoms. The molecule has 0 aliphatic heterocycles. The highest BCUT2D eigenvalue weighted by Gasteiger charge is 2.17. The number of hydrogen-bond donors (Lipinski definition) is 0. The third-order valence-corrected chi connectivity index (χ3v) is 5.46. The van der Waals surface area contributed by atoms with Crippen molar-refractivity contribution in [3.8, 4) is 5.69 Å². The van der Waals surface area contributed by atoms with Crippen LogP contribution in [0.3, 0.4) is 0 Å². The summed E-state index contributed by atoms with van der Waals surface area (Å²) in [4.78, 5) is 15.0. The zero-order valence-electron chi connectivity index (χ0n) is 16.3. The first-order valence-electron chi connectivity index (χ1n) is 9.62. The van der Waals surface area contributed by atoms with Gasteiger partial charge in [-0.1, -0.05) is 90.6 Å². The summed E-state index contributed by atoms with van der Waals surface area (Å²) >= 11 is 1.34. The molecule has 0 N–H and O–H groups in total. The lowest BCUT2D eigenvalue weighted by molar-refractivity contribution is -0.129. The van der Waals surface area contributed by atoms with E-state index in [2.05, 4.69) is 15.5 Å². The van der Waals surface area contributed by atoms with Gasteiger partial charge in [-0.3, -0.25) is 4.79 Å². The van der Waals surface area contributed by atoms with E-state index in [0.29, 0.717) is 18.2 Å². The SMILES string of the molecule is O=C(CSc1nnnn1-c1ccccc1)N(Cc1ccccc1)Cc1ccccc1. The number of aromatic nitrogens is 4. The number of carbonyl (C=O) groups is 1. The molecule has 150 valence electrons. The summed E-state index contributed by atoms with van der Waals surface area (Å²) in [6, 6.07) is 29.7. The monoisotopic (exact) mass is 415 g/mol. The lowest BCUT2D eigenvalue weighted by Gasteiger charge is -2.23. The van der Waals surface area contributed by atoms with Gasteiger partial charge in [0.15, 0.2) is 0 Å². The first-order valence-corrected chi connectivity index (χ1v) is 10.6. The number of carbonyl (C=O) groups excluding carboxylic acids is 1. The molecule has 0 radical (unpaired) electrons. The quantitative estimate of drug-likeness (QED) is 0.407. The van der Waals surface area contributed by atoms with E-state index in [-0.39, 0.29) is 11.7 Å². The summed E-state index contributed by atoms with van der Waals surface area (Å²) in [5.41, 5.74) is 3.06. The van der Waals surface area contributed by atoms with E-state index >= 15 is 0 Å². The molecule has 4 aromatic rings. The first kappa shape index (κ1) is 19.8. The number of hydrogen-bond acceptors (Lipinski definition) is 5. The lowest BCUT2D eigenvalue weighted by atomic mass is 10.1. The molecule has 0 aliphatic carbocycles. The van der Waals surface area contributed by atoms with Gasteiger partial charge in [0.1, 0.15) is 0 Å². The molecular formula is C23H21N5OS. The van der Waals surface area contributed by atoms with Gasteiger partial charge in [-0.15, -0.1) is 5.10 Å².